The van der Waals surface area contributed by atoms with Crippen molar-refractivity contribution in [1.29, 1.82) is 0 Å². The molecule has 0 aliphatic carbocycles. The summed E-state index contributed by atoms with van der Waals surface area (Å²) in [6.45, 7) is 2.00. The first-order valence-corrected chi connectivity index (χ1v) is 3.56. The van der Waals surface area contributed by atoms with E-state index in [2.05, 4.69) is 0 Å². The zero-order chi connectivity index (χ0) is 6.48. The van der Waals surface area contributed by atoms with E-state index in [1.54, 1.807) is 0 Å². The monoisotopic (exact) mass is 128 g/mol. The Morgan fingerprint density at radius 3 is 2.67 bits per heavy atom. The van der Waals surface area contributed by atoms with E-state index in [0.717, 1.165) is 19.3 Å². The Labute approximate surface area is 54.8 Å². The molecule has 2 fully saturated rings. The molecule has 2 rings (SSSR count). The Kier molecular flexibility index (Phi) is 0.945. The fourth-order valence-electron chi connectivity index (χ4n) is 1.86. The number of hydrogen-bond acceptors (Lipinski definition) is 2. The highest BCUT2D eigenvalue weighted by atomic mass is 16.5. The second-order valence-corrected chi connectivity index (χ2v) is 3.34. The van der Waals surface area contributed by atoms with Crippen LogP contribution >= 0.6 is 0 Å². The average molecular weight is 128 g/mol. The van der Waals surface area contributed by atoms with E-state index in [9.17, 15) is 5.11 Å². The standard InChI is InChI=1S/C7H12O2/c1-7-3-2-5(9-7)4-6(7)8/h5-6,8H,2-4H2,1H3/t5-,6-,7+/m1/s1. The van der Waals surface area contributed by atoms with Crippen LogP contribution in [0, 0.1) is 0 Å². The average Bonchev–Trinajstić information content (AvgIpc) is 2.22. The maximum atomic E-state index is 9.35. The van der Waals surface area contributed by atoms with Gasteiger partial charge in [-0.1, -0.05) is 0 Å². The molecule has 9 heavy (non-hydrogen) atoms. The molecule has 3 atom stereocenters. The molecule has 2 heterocycles. The van der Waals surface area contributed by atoms with E-state index < -0.39 is 0 Å². The van der Waals surface area contributed by atoms with Crippen LogP contribution in [0.4, 0.5) is 0 Å². The van der Waals surface area contributed by atoms with Gasteiger partial charge in [-0.25, -0.2) is 0 Å². The first kappa shape index (κ1) is 5.69. The summed E-state index contributed by atoms with van der Waals surface area (Å²) in [5.74, 6) is 0. The summed E-state index contributed by atoms with van der Waals surface area (Å²) in [4.78, 5) is 0. The lowest BCUT2D eigenvalue weighted by Crippen LogP contribution is -2.34. The smallest absolute Gasteiger partial charge is 0.0917 e. The van der Waals surface area contributed by atoms with Crippen molar-refractivity contribution in [3.8, 4) is 0 Å². The van der Waals surface area contributed by atoms with Crippen LogP contribution in [0.3, 0.4) is 0 Å². The molecular formula is C7H12O2. The third-order valence-corrected chi connectivity index (χ3v) is 2.59. The molecule has 0 radical (unpaired) electrons. The lowest BCUT2D eigenvalue weighted by molar-refractivity contribution is -0.0297. The molecule has 0 spiro atoms. The highest BCUT2D eigenvalue weighted by Crippen LogP contribution is 2.42. The molecule has 2 bridgehead atoms. The van der Waals surface area contributed by atoms with Gasteiger partial charge in [0.1, 0.15) is 0 Å². The summed E-state index contributed by atoms with van der Waals surface area (Å²) in [6.07, 6.45) is 3.21. The Bertz CT molecular complexity index is 135. The molecule has 0 unspecified atom stereocenters. The molecular weight excluding hydrogens is 116 g/mol. The number of ether oxygens (including phenoxy) is 1. The summed E-state index contributed by atoms with van der Waals surface area (Å²) in [5, 5.41) is 9.35. The molecule has 0 aromatic heterocycles. The zero-order valence-electron chi connectivity index (χ0n) is 5.63. The van der Waals surface area contributed by atoms with E-state index in [1.807, 2.05) is 6.92 Å². The van der Waals surface area contributed by atoms with E-state index in [1.165, 1.54) is 0 Å². The van der Waals surface area contributed by atoms with Crippen LogP contribution in [0.15, 0.2) is 0 Å². The SMILES string of the molecule is C[C@]12CC[C@H](C[C@H]1O)O2. The van der Waals surface area contributed by atoms with Gasteiger partial charge in [0.2, 0.25) is 0 Å². The van der Waals surface area contributed by atoms with Gasteiger partial charge in [0, 0.05) is 6.42 Å². The first-order chi connectivity index (χ1) is 4.21. The van der Waals surface area contributed by atoms with Crippen LogP contribution in [0.2, 0.25) is 0 Å². The number of aliphatic hydroxyl groups is 1. The highest BCUT2D eigenvalue weighted by Gasteiger charge is 2.49. The van der Waals surface area contributed by atoms with Gasteiger partial charge in [-0.3, -0.25) is 0 Å². The van der Waals surface area contributed by atoms with Crippen molar-refractivity contribution in [3.63, 3.8) is 0 Å². The molecule has 52 valence electrons. The molecule has 0 amide bonds. The molecule has 1 N–H and O–H groups in total. The molecule has 2 saturated heterocycles. The Morgan fingerprint density at radius 1 is 1.67 bits per heavy atom. The minimum absolute atomic E-state index is 0.176. The van der Waals surface area contributed by atoms with Crippen molar-refractivity contribution in [3.05, 3.63) is 0 Å². The summed E-state index contributed by atoms with van der Waals surface area (Å²) < 4.78 is 5.52. The number of hydrogen-bond donors (Lipinski definition) is 1. The van der Waals surface area contributed by atoms with Gasteiger partial charge in [0.05, 0.1) is 17.8 Å². The summed E-state index contributed by atoms with van der Waals surface area (Å²) in [5.41, 5.74) is -0.176. The first-order valence-electron chi connectivity index (χ1n) is 3.56. The number of aliphatic hydroxyl groups excluding tert-OH is 1. The van der Waals surface area contributed by atoms with Gasteiger partial charge >= 0.3 is 0 Å². The number of fused-ring (bicyclic) bond motifs is 2. The summed E-state index contributed by atoms with van der Waals surface area (Å²) in [7, 11) is 0. The van der Waals surface area contributed by atoms with Crippen LogP contribution in [-0.4, -0.2) is 22.9 Å². The van der Waals surface area contributed by atoms with E-state index in [-0.39, 0.29) is 11.7 Å². The lowest BCUT2D eigenvalue weighted by atomic mass is 9.88. The number of rotatable bonds is 0. The van der Waals surface area contributed by atoms with Crippen molar-refractivity contribution in [2.24, 2.45) is 0 Å². The summed E-state index contributed by atoms with van der Waals surface area (Å²) in [6, 6.07) is 0. The maximum Gasteiger partial charge on any atom is 0.0917 e. The van der Waals surface area contributed by atoms with E-state index >= 15 is 0 Å². The molecule has 0 aromatic rings. The normalized spacial score (nSPS) is 56.7. The molecule has 2 aliphatic heterocycles. The maximum absolute atomic E-state index is 9.35. The Morgan fingerprint density at radius 2 is 2.44 bits per heavy atom. The highest BCUT2D eigenvalue weighted by molar-refractivity contribution is 4.99. The Balaban J connectivity index is 2.22. The third-order valence-electron chi connectivity index (χ3n) is 2.59. The fourth-order valence-corrected chi connectivity index (χ4v) is 1.86. The molecule has 2 nitrogen and oxygen atoms in total. The van der Waals surface area contributed by atoms with Gasteiger partial charge < -0.3 is 9.84 Å². The van der Waals surface area contributed by atoms with Crippen molar-refractivity contribution in [2.75, 3.05) is 0 Å². The van der Waals surface area contributed by atoms with Crippen molar-refractivity contribution < 1.29 is 9.84 Å². The van der Waals surface area contributed by atoms with Crippen LogP contribution in [0.25, 0.3) is 0 Å². The van der Waals surface area contributed by atoms with Crippen LogP contribution in [0.1, 0.15) is 26.2 Å². The largest absolute Gasteiger partial charge is 0.390 e. The van der Waals surface area contributed by atoms with Gasteiger partial charge in [-0.2, -0.15) is 0 Å². The minimum atomic E-state index is -0.198. The Hall–Kier alpha value is -0.0800. The molecule has 2 heteroatoms. The molecule has 0 saturated carbocycles. The van der Waals surface area contributed by atoms with Gasteiger partial charge in [0.15, 0.2) is 0 Å². The second-order valence-electron chi connectivity index (χ2n) is 3.34. The van der Waals surface area contributed by atoms with E-state index in [0.29, 0.717) is 6.10 Å². The van der Waals surface area contributed by atoms with E-state index in [4.69, 9.17) is 4.74 Å². The van der Waals surface area contributed by atoms with Crippen LogP contribution < -0.4 is 0 Å². The van der Waals surface area contributed by atoms with Crippen LogP contribution in [-0.2, 0) is 4.74 Å². The predicted octanol–water partition coefficient (Wildman–Crippen LogP) is 0.689. The molecule has 0 aromatic carbocycles. The third kappa shape index (κ3) is 0.634. The van der Waals surface area contributed by atoms with Gasteiger partial charge in [0.25, 0.3) is 0 Å². The van der Waals surface area contributed by atoms with Crippen molar-refractivity contribution in [2.45, 2.75) is 44.0 Å². The predicted molar refractivity (Wildman–Crippen MR) is 33.1 cm³/mol. The second kappa shape index (κ2) is 1.50. The van der Waals surface area contributed by atoms with Crippen LogP contribution in [0.5, 0.6) is 0 Å². The molecule has 2 aliphatic rings. The summed E-state index contributed by atoms with van der Waals surface area (Å²) >= 11 is 0. The van der Waals surface area contributed by atoms with Gasteiger partial charge in [-0.15, -0.1) is 0 Å². The fraction of sp³-hybridized carbons (Fsp3) is 1.00. The topological polar surface area (TPSA) is 29.5 Å². The van der Waals surface area contributed by atoms with Crippen molar-refractivity contribution >= 4 is 0 Å². The zero-order valence-corrected chi connectivity index (χ0v) is 5.63. The van der Waals surface area contributed by atoms with Crippen molar-refractivity contribution in [1.82, 2.24) is 0 Å². The lowest BCUT2D eigenvalue weighted by Gasteiger charge is -2.23. The quantitative estimate of drug-likeness (QED) is 0.520. The van der Waals surface area contributed by atoms with Gasteiger partial charge in [-0.05, 0) is 19.8 Å². The minimum Gasteiger partial charge on any atom is -0.390 e.